The predicted octanol–water partition coefficient (Wildman–Crippen LogP) is 2.04. The summed E-state index contributed by atoms with van der Waals surface area (Å²) in [6, 6.07) is 2.97. The lowest BCUT2D eigenvalue weighted by molar-refractivity contribution is 0.0426. The van der Waals surface area contributed by atoms with Crippen molar-refractivity contribution >= 4 is 11.8 Å². The highest BCUT2D eigenvalue weighted by Gasteiger charge is 2.51. The van der Waals surface area contributed by atoms with Crippen LogP contribution in [0.3, 0.4) is 0 Å². The lowest BCUT2D eigenvalue weighted by Crippen LogP contribution is -2.59. The highest BCUT2D eigenvalue weighted by molar-refractivity contribution is 5.99. The molecule has 6 rings (SSSR count). The molecule has 1 fully saturated rings. The number of benzene rings is 1. The van der Waals surface area contributed by atoms with Crippen molar-refractivity contribution in [3.05, 3.63) is 74.7 Å². The summed E-state index contributed by atoms with van der Waals surface area (Å²) in [4.78, 5) is 40.0. The van der Waals surface area contributed by atoms with Gasteiger partial charge in [0.15, 0.2) is 11.4 Å². The summed E-state index contributed by atoms with van der Waals surface area (Å²) in [5.41, 5.74) is -0.595. The molecular formula is C22H19F2N3O4. The Balaban J connectivity index is 1.51. The molecule has 1 saturated carbocycles. The molecule has 1 aromatic heterocycles. The minimum atomic E-state index is -0.958. The van der Waals surface area contributed by atoms with E-state index in [9.17, 15) is 28.3 Å². The molecule has 1 spiro atoms. The molecule has 1 aliphatic carbocycles. The predicted molar refractivity (Wildman–Crippen MR) is 106 cm³/mol. The molecule has 160 valence electrons. The molecule has 2 amide bonds. The molecule has 0 radical (unpaired) electrons. The van der Waals surface area contributed by atoms with E-state index in [-0.39, 0.29) is 23.4 Å². The highest BCUT2D eigenvalue weighted by atomic mass is 19.1. The lowest BCUT2D eigenvalue weighted by Gasteiger charge is -2.53. The first-order chi connectivity index (χ1) is 14.8. The van der Waals surface area contributed by atoms with Crippen LogP contribution < -0.4 is 10.7 Å². The summed E-state index contributed by atoms with van der Waals surface area (Å²) in [5, 5.41) is 13.0. The number of amides is 2. The Morgan fingerprint density at radius 2 is 2.00 bits per heavy atom. The second-order valence-corrected chi connectivity index (χ2v) is 8.31. The molecule has 9 heteroatoms. The first-order valence-electron chi connectivity index (χ1n) is 9.97. The maximum Gasteiger partial charge on any atom is 0.274 e. The molecular weight excluding hydrogens is 408 g/mol. The maximum absolute atomic E-state index is 13.8. The standard InChI is InChI=1S/C22H19F2N3O4/c23-14-4-3-13(16(24)6-14)9-25-20(30)15-10-27-17(19(29)18(15)28)21(31)26-5-1-2-12-7-22(27,8-12)11-26/h2-4,6,10,29H,1,5,7-9,11H2,(H,25,30). The van der Waals surface area contributed by atoms with Gasteiger partial charge in [0.05, 0.1) is 5.54 Å². The van der Waals surface area contributed by atoms with Crippen molar-refractivity contribution in [3.8, 4) is 5.75 Å². The number of hydrogen-bond donors (Lipinski definition) is 2. The Hall–Kier alpha value is -3.49. The summed E-state index contributed by atoms with van der Waals surface area (Å²) in [5.74, 6) is -3.57. The van der Waals surface area contributed by atoms with Gasteiger partial charge in [0.2, 0.25) is 5.43 Å². The van der Waals surface area contributed by atoms with Crippen molar-refractivity contribution in [2.75, 3.05) is 13.1 Å². The molecule has 0 unspecified atom stereocenters. The van der Waals surface area contributed by atoms with Crippen LogP contribution in [-0.4, -0.2) is 39.5 Å². The quantitative estimate of drug-likeness (QED) is 0.734. The molecule has 31 heavy (non-hydrogen) atoms. The Morgan fingerprint density at radius 1 is 1.23 bits per heavy atom. The van der Waals surface area contributed by atoms with E-state index in [1.54, 1.807) is 9.47 Å². The summed E-state index contributed by atoms with van der Waals surface area (Å²) in [6.45, 7) is 0.682. The first-order valence-corrected chi connectivity index (χ1v) is 9.97. The van der Waals surface area contributed by atoms with E-state index in [1.807, 2.05) is 0 Å². The van der Waals surface area contributed by atoms with Crippen molar-refractivity contribution in [2.24, 2.45) is 0 Å². The molecule has 0 atom stereocenters. The van der Waals surface area contributed by atoms with Crippen molar-refractivity contribution in [1.82, 2.24) is 14.8 Å². The second-order valence-electron chi connectivity index (χ2n) is 8.31. The van der Waals surface area contributed by atoms with Gasteiger partial charge in [-0.2, -0.15) is 0 Å². The fourth-order valence-corrected chi connectivity index (χ4v) is 4.76. The van der Waals surface area contributed by atoms with Crippen molar-refractivity contribution in [1.29, 1.82) is 0 Å². The fraction of sp³-hybridized carbons (Fsp3) is 0.318. The van der Waals surface area contributed by atoms with Crippen LogP contribution in [0.1, 0.15) is 45.7 Å². The van der Waals surface area contributed by atoms with Crippen LogP contribution in [0.5, 0.6) is 5.75 Å². The van der Waals surface area contributed by atoms with Crippen LogP contribution in [0.2, 0.25) is 0 Å². The molecule has 3 bridgehead atoms. The van der Waals surface area contributed by atoms with Gasteiger partial charge >= 0.3 is 0 Å². The van der Waals surface area contributed by atoms with E-state index >= 15 is 0 Å². The average Bonchev–Trinajstić information content (AvgIpc) is 2.67. The molecule has 4 heterocycles. The number of fused-ring (bicyclic) bond motifs is 3. The Morgan fingerprint density at radius 3 is 2.74 bits per heavy atom. The number of allylic oxidation sites excluding steroid dienone is 1. The zero-order chi connectivity index (χ0) is 21.9. The molecule has 7 nitrogen and oxygen atoms in total. The van der Waals surface area contributed by atoms with Crippen LogP contribution in [0.15, 0.2) is 40.8 Å². The van der Waals surface area contributed by atoms with E-state index in [1.165, 1.54) is 17.8 Å². The van der Waals surface area contributed by atoms with Crippen LogP contribution in [0.25, 0.3) is 0 Å². The van der Waals surface area contributed by atoms with Gasteiger partial charge in [-0.15, -0.1) is 0 Å². The van der Waals surface area contributed by atoms with Gasteiger partial charge in [-0.3, -0.25) is 14.4 Å². The minimum Gasteiger partial charge on any atom is -0.503 e. The van der Waals surface area contributed by atoms with Gasteiger partial charge in [0.1, 0.15) is 17.2 Å². The monoisotopic (exact) mass is 427 g/mol. The molecule has 3 aliphatic heterocycles. The highest BCUT2D eigenvalue weighted by Crippen LogP contribution is 2.49. The average molecular weight is 427 g/mol. The zero-order valence-electron chi connectivity index (χ0n) is 16.5. The van der Waals surface area contributed by atoms with Gasteiger partial charge in [0.25, 0.3) is 11.8 Å². The van der Waals surface area contributed by atoms with Gasteiger partial charge < -0.3 is 19.9 Å². The number of rotatable bonds is 3. The number of halogens is 2. The van der Waals surface area contributed by atoms with Crippen LogP contribution in [0, 0.1) is 11.6 Å². The first kappa shape index (κ1) is 19.5. The molecule has 0 saturated heterocycles. The van der Waals surface area contributed by atoms with Crippen molar-refractivity contribution < 1.29 is 23.5 Å². The number of carbonyl (C=O) groups excluding carboxylic acids is 2. The molecule has 4 aliphatic rings. The lowest BCUT2D eigenvalue weighted by atomic mass is 9.69. The topological polar surface area (TPSA) is 91.6 Å². The van der Waals surface area contributed by atoms with E-state index in [0.717, 1.165) is 12.5 Å². The van der Waals surface area contributed by atoms with Gasteiger partial charge in [-0.25, -0.2) is 8.78 Å². The van der Waals surface area contributed by atoms with E-state index in [2.05, 4.69) is 11.4 Å². The Labute approximate surface area is 175 Å². The second kappa shape index (κ2) is 6.76. The number of aromatic nitrogens is 1. The number of hydrogen-bond acceptors (Lipinski definition) is 4. The normalized spacial score (nSPS) is 21.4. The Kier molecular flexibility index (Phi) is 4.25. The third kappa shape index (κ3) is 2.95. The number of pyridine rings is 1. The van der Waals surface area contributed by atoms with Gasteiger partial charge in [-0.1, -0.05) is 17.7 Å². The van der Waals surface area contributed by atoms with Crippen LogP contribution >= 0.6 is 0 Å². The van der Waals surface area contributed by atoms with Crippen LogP contribution in [0.4, 0.5) is 8.78 Å². The van der Waals surface area contributed by atoms with E-state index < -0.39 is 40.2 Å². The van der Waals surface area contributed by atoms with Gasteiger partial charge in [-0.05, 0) is 25.3 Å². The third-order valence-electron chi connectivity index (χ3n) is 6.31. The Bertz CT molecular complexity index is 1230. The number of nitrogens with one attached hydrogen (secondary N) is 1. The zero-order valence-corrected chi connectivity index (χ0v) is 16.5. The van der Waals surface area contributed by atoms with Crippen molar-refractivity contribution in [2.45, 2.75) is 31.3 Å². The maximum atomic E-state index is 13.8. The largest absolute Gasteiger partial charge is 0.503 e. The number of aromatic hydroxyl groups is 1. The molecule has 1 aromatic carbocycles. The van der Waals surface area contributed by atoms with E-state index in [0.29, 0.717) is 32.0 Å². The van der Waals surface area contributed by atoms with Crippen molar-refractivity contribution in [3.63, 3.8) is 0 Å². The summed E-state index contributed by atoms with van der Waals surface area (Å²) in [7, 11) is 0. The third-order valence-corrected chi connectivity index (χ3v) is 6.31. The van der Waals surface area contributed by atoms with Crippen LogP contribution in [-0.2, 0) is 12.1 Å². The summed E-state index contributed by atoms with van der Waals surface area (Å²) < 4.78 is 28.5. The number of nitrogens with zero attached hydrogens (tertiary/aromatic N) is 2. The minimum absolute atomic E-state index is 0.0511. The smallest absolute Gasteiger partial charge is 0.274 e. The van der Waals surface area contributed by atoms with Gasteiger partial charge in [0, 0.05) is 37.5 Å². The number of carbonyl (C=O) groups is 2. The fourth-order valence-electron chi connectivity index (χ4n) is 4.76. The summed E-state index contributed by atoms with van der Waals surface area (Å²) in [6.07, 6.45) is 5.50. The SMILES string of the molecule is O=C(NCc1ccc(F)cc1F)c1cn2c(c(O)c1=O)C(=O)N1CCC=C3CC2(C3)C1. The summed E-state index contributed by atoms with van der Waals surface area (Å²) >= 11 is 0. The molecule has 2 aromatic rings. The van der Waals surface area contributed by atoms with E-state index in [4.69, 9.17) is 0 Å². The molecule has 2 N–H and O–H groups in total.